The number of halogens is 2. The molecule has 1 rings (SSSR count). The minimum Gasteiger partial charge on any atom is -0.122 e. The van der Waals surface area contributed by atoms with Crippen LogP contribution in [-0.2, 0) is 0 Å². The number of rotatable bonds is 4. The van der Waals surface area contributed by atoms with Crippen LogP contribution in [0.2, 0.25) is 5.02 Å². The molecule has 0 unspecified atom stereocenters. The Kier molecular flexibility index (Phi) is 5.37. The van der Waals surface area contributed by atoms with E-state index < -0.39 is 0 Å². The Hall–Kier alpha value is -0.460. The Morgan fingerprint density at radius 2 is 1.75 bits per heavy atom. The molecule has 0 amide bonds. The van der Waals surface area contributed by atoms with E-state index in [1.165, 1.54) is 16.7 Å². The van der Waals surface area contributed by atoms with Crippen LogP contribution in [0.3, 0.4) is 0 Å². The van der Waals surface area contributed by atoms with Crippen molar-refractivity contribution in [3.8, 4) is 0 Å². The van der Waals surface area contributed by atoms with E-state index >= 15 is 0 Å². The van der Waals surface area contributed by atoms with Crippen LogP contribution < -0.4 is 0 Å². The van der Waals surface area contributed by atoms with Crippen molar-refractivity contribution < 1.29 is 0 Å². The van der Waals surface area contributed by atoms with Crippen LogP contribution in [0.15, 0.2) is 29.8 Å². The van der Waals surface area contributed by atoms with E-state index in [1.807, 2.05) is 12.1 Å². The molecule has 1 aromatic rings. The van der Waals surface area contributed by atoms with Gasteiger partial charge in [0.15, 0.2) is 0 Å². The van der Waals surface area contributed by atoms with Crippen molar-refractivity contribution in [1.82, 2.24) is 0 Å². The highest BCUT2D eigenvalue weighted by Gasteiger charge is 2.08. The second-order valence-electron chi connectivity index (χ2n) is 4.50. The first-order valence-electron chi connectivity index (χ1n) is 5.55. The SMILES string of the molecule is CC(CCl)=C(CC(C)C)c1ccc(Cl)cc1. The van der Waals surface area contributed by atoms with E-state index in [1.54, 1.807) is 0 Å². The molecule has 0 aromatic heterocycles. The molecule has 16 heavy (non-hydrogen) atoms. The summed E-state index contributed by atoms with van der Waals surface area (Å²) in [6.45, 7) is 6.54. The zero-order chi connectivity index (χ0) is 12.1. The summed E-state index contributed by atoms with van der Waals surface area (Å²) in [5, 5.41) is 0.774. The summed E-state index contributed by atoms with van der Waals surface area (Å²) < 4.78 is 0. The molecule has 1 aromatic carbocycles. The molecule has 0 heterocycles. The van der Waals surface area contributed by atoms with Crippen LogP contribution in [0, 0.1) is 5.92 Å². The summed E-state index contributed by atoms with van der Waals surface area (Å²) in [6.07, 6.45) is 1.06. The van der Waals surface area contributed by atoms with E-state index in [0.717, 1.165) is 11.4 Å². The first-order valence-corrected chi connectivity index (χ1v) is 6.46. The van der Waals surface area contributed by atoms with Crippen LogP contribution in [0.5, 0.6) is 0 Å². The van der Waals surface area contributed by atoms with E-state index in [-0.39, 0.29) is 0 Å². The molecule has 88 valence electrons. The molecule has 0 fully saturated rings. The fourth-order valence-corrected chi connectivity index (χ4v) is 1.97. The number of allylic oxidation sites excluding steroid dienone is 2. The van der Waals surface area contributed by atoms with Gasteiger partial charge in [-0.25, -0.2) is 0 Å². The molecule has 0 atom stereocenters. The standard InChI is InChI=1S/C14H18Cl2/c1-10(2)8-14(11(3)9-15)12-4-6-13(16)7-5-12/h4-7,10H,8-9H2,1-3H3. The van der Waals surface area contributed by atoms with Crippen LogP contribution in [0.1, 0.15) is 32.8 Å². The van der Waals surface area contributed by atoms with Gasteiger partial charge in [-0.05, 0) is 42.5 Å². The Balaban J connectivity index is 3.06. The summed E-state index contributed by atoms with van der Waals surface area (Å²) in [6, 6.07) is 7.99. The number of hydrogen-bond donors (Lipinski definition) is 0. The summed E-state index contributed by atoms with van der Waals surface area (Å²) in [4.78, 5) is 0. The molecular formula is C14H18Cl2. The maximum absolute atomic E-state index is 5.93. The van der Waals surface area contributed by atoms with E-state index in [4.69, 9.17) is 23.2 Å². The molecule has 0 N–H and O–H groups in total. The lowest BCUT2D eigenvalue weighted by molar-refractivity contribution is 0.671. The Labute approximate surface area is 108 Å². The molecule has 0 radical (unpaired) electrons. The highest BCUT2D eigenvalue weighted by molar-refractivity contribution is 6.30. The molecule has 0 aliphatic heterocycles. The van der Waals surface area contributed by atoms with Crippen LogP contribution in [-0.4, -0.2) is 5.88 Å². The van der Waals surface area contributed by atoms with Crippen molar-refractivity contribution in [1.29, 1.82) is 0 Å². The minimum atomic E-state index is 0.588. The van der Waals surface area contributed by atoms with Crippen LogP contribution >= 0.6 is 23.2 Å². The average Bonchev–Trinajstić information content (AvgIpc) is 2.26. The smallest absolute Gasteiger partial charge is 0.0436 e. The highest BCUT2D eigenvalue weighted by Crippen LogP contribution is 2.27. The number of alkyl halides is 1. The van der Waals surface area contributed by atoms with Gasteiger partial charge in [0.05, 0.1) is 0 Å². The minimum absolute atomic E-state index is 0.588. The second kappa shape index (κ2) is 6.32. The van der Waals surface area contributed by atoms with E-state index in [2.05, 4.69) is 32.9 Å². The second-order valence-corrected chi connectivity index (χ2v) is 5.20. The summed E-state index contributed by atoms with van der Waals surface area (Å²) in [5.41, 5.74) is 3.83. The van der Waals surface area contributed by atoms with Gasteiger partial charge in [0.25, 0.3) is 0 Å². The first-order chi connectivity index (χ1) is 7.54. The zero-order valence-corrected chi connectivity index (χ0v) is 11.6. The predicted octanol–water partition coefficient (Wildman–Crippen LogP) is 5.40. The van der Waals surface area contributed by atoms with Crippen molar-refractivity contribution >= 4 is 28.8 Å². The Morgan fingerprint density at radius 3 is 2.19 bits per heavy atom. The molecule has 0 saturated carbocycles. The fourth-order valence-electron chi connectivity index (χ4n) is 1.68. The largest absolute Gasteiger partial charge is 0.122 e. The van der Waals surface area contributed by atoms with Gasteiger partial charge in [-0.1, -0.05) is 43.2 Å². The number of hydrogen-bond acceptors (Lipinski definition) is 0. The maximum Gasteiger partial charge on any atom is 0.0436 e. The zero-order valence-electron chi connectivity index (χ0n) is 10.1. The van der Waals surface area contributed by atoms with E-state index in [0.29, 0.717) is 11.8 Å². The lowest BCUT2D eigenvalue weighted by Crippen LogP contribution is -1.96. The third-order valence-electron chi connectivity index (χ3n) is 2.52. The summed E-state index contributed by atoms with van der Waals surface area (Å²) >= 11 is 11.8. The van der Waals surface area contributed by atoms with Gasteiger partial charge < -0.3 is 0 Å². The molecule has 0 aliphatic rings. The van der Waals surface area contributed by atoms with Gasteiger partial charge in [0.2, 0.25) is 0 Å². The summed E-state index contributed by atoms with van der Waals surface area (Å²) in [5.74, 6) is 1.22. The van der Waals surface area contributed by atoms with Gasteiger partial charge in [-0.15, -0.1) is 11.6 Å². The van der Waals surface area contributed by atoms with Crippen molar-refractivity contribution in [2.45, 2.75) is 27.2 Å². The highest BCUT2D eigenvalue weighted by atomic mass is 35.5. The lowest BCUT2D eigenvalue weighted by Gasteiger charge is -2.14. The molecule has 0 nitrogen and oxygen atoms in total. The van der Waals surface area contributed by atoms with Crippen molar-refractivity contribution in [2.75, 3.05) is 5.88 Å². The Bertz CT molecular complexity index is 361. The predicted molar refractivity (Wildman–Crippen MR) is 74.2 cm³/mol. The normalized spacial score (nSPS) is 12.9. The third kappa shape index (κ3) is 3.84. The molecule has 0 saturated heterocycles. The van der Waals surface area contributed by atoms with Gasteiger partial charge >= 0.3 is 0 Å². The van der Waals surface area contributed by atoms with Crippen LogP contribution in [0.4, 0.5) is 0 Å². The number of benzene rings is 1. The molecule has 0 aliphatic carbocycles. The van der Waals surface area contributed by atoms with Gasteiger partial charge in [0, 0.05) is 10.9 Å². The lowest BCUT2D eigenvalue weighted by atomic mass is 9.93. The molecule has 0 spiro atoms. The monoisotopic (exact) mass is 256 g/mol. The quantitative estimate of drug-likeness (QED) is 0.633. The Morgan fingerprint density at radius 1 is 1.19 bits per heavy atom. The third-order valence-corrected chi connectivity index (χ3v) is 3.17. The fraction of sp³-hybridized carbons (Fsp3) is 0.429. The first kappa shape index (κ1) is 13.6. The van der Waals surface area contributed by atoms with E-state index in [9.17, 15) is 0 Å². The molecule has 0 bridgehead atoms. The van der Waals surface area contributed by atoms with Crippen molar-refractivity contribution in [3.05, 3.63) is 40.4 Å². The van der Waals surface area contributed by atoms with Gasteiger partial charge in [0.1, 0.15) is 0 Å². The van der Waals surface area contributed by atoms with Gasteiger partial charge in [-0.3, -0.25) is 0 Å². The van der Waals surface area contributed by atoms with Crippen molar-refractivity contribution in [3.63, 3.8) is 0 Å². The van der Waals surface area contributed by atoms with Crippen molar-refractivity contribution in [2.24, 2.45) is 5.92 Å². The van der Waals surface area contributed by atoms with Crippen LogP contribution in [0.25, 0.3) is 5.57 Å². The summed E-state index contributed by atoms with van der Waals surface area (Å²) in [7, 11) is 0. The maximum atomic E-state index is 5.93. The van der Waals surface area contributed by atoms with Gasteiger partial charge in [-0.2, -0.15) is 0 Å². The molecular weight excluding hydrogens is 239 g/mol. The average molecular weight is 257 g/mol. The molecule has 2 heteroatoms. The topological polar surface area (TPSA) is 0 Å².